The third-order valence-corrected chi connectivity index (χ3v) is 6.09. The molecule has 0 spiro atoms. The van der Waals surface area contributed by atoms with Crippen molar-refractivity contribution in [1.29, 1.82) is 0 Å². The molecule has 5 nitrogen and oxygen atoms in total. The van der Waals surface area contributed by atoms with Gasteiger partial charge in [0.05, 0.1) is 6.61 Å². The van der Waals surface area contributed by atoms with Crippen LogP contribution in [-0.2, 0) is 11.2 Å². The fourth-order valence-corrected chi connectivity index (χ4v) is 4.50. The number of hydrogen-bond donors (Lipinski definition) is 2. The number of nitrogens with zero attached hydrogens (tertiary/aromatic N) is 1. The van der Waals surface area contributed by atoms with Crippen LogP contribution in [0.3, 0.4) is 0 Å². The number of ether oxygens (including phenoxy) is 1. The number of likely N-dealkylation sites (tertiary alicyclic amines) is 1. The molecule has 0 unspecified atom stereocenters. The van der Waals surface area contributed by atoms with Crippen LogP contribution >= 0.6 is 0 Å². The van der Waals surface area contributed by atoms with Gasteiger partial charge in [0.25, 0.3) is 0 Å². The van der Waals surface area contributed by atoms with Gasteiger partial charge in [-0.1, -0.05) is 48.5 Å². The van der Waals surface area contributed by atoms with Crippen LogP contribution in [0.4, 0.5) is 10.5 Å². The lowest BCUT2D eigenvalue weighted by Crippen LogP contribution is -2.48. The SMILES string of the molecule is O=C(NC[C@H]([C@@H]1CCOC1)N1CCCC1)Nc1ccccc1Cc1ccccc1. The molecule has 154 valence electrons. The van der Waals surface area contributed by atoms with Crippen molar-refractivity contribution in [3.63, 3.8) is 0 Å². The number of rotatable bonds is 7. The highest BCUT2D eigenvalue weighted by molar-refractivity contribution is 5.90. The van der Waals surface area contributed by atoms with Gasteiger partial charge in [0.2, 0.25) is 0 Å². The molecule has 2 N–H and O–H groups in total. The molecule has 0 aromatic heterocycles. The van der Waals surface area contributed by atoms with Crippen molar-refractivity contribution < 1.29 is 9.53 Å². The maximum atomic E-state index is 12.7. The van der Waals surface area contributed by atoms with Crippen molar-refractivity contribution in [2.45, 2.75) is 31.7 Å². The Labute approximate surface area is 173 Å². The highest BCUT2D eigenvalue weighted by Gasteiger charge is 2.32. The van der Waals surface area contributed by atoms with Crippen LogP contribution < -0.4 is 10.6 Å². The van der Waals surface area contributed by atoms with E-state index in [0.717, 1.165) is 50.4 Å². The Morgan fingerprint density at radius 3 is 2.59 bits per heavy atom. The van der Waals surface area contributed by atoms with Gasteiger partial charge < -0.3 is 15.4 Å². The molecule has 29 heavy (non-hydrogen) atoms. The first-order valence-electron chi connectivity index (χ1n) is 10.8. The average Bonchev–Trinajstić information content (AvgIpc) is 3.45. The Hall–Kier alpha value is -2.37. The van der Waals surface area contributed by atoms with Crippen LogP contribution in [-0.4, -0.2) is 49.8 Å². The summed E-state index contributed by atoms with van der Waals surface area (Å²) in [6.07, 6.45) is 4.39. The van der Waals surface area contributed by atoms with E-state index in [2.05, 4.69) is 33.7 Å². The molecule has 0 radical (unpaired) electrons. The zero-order valence-corrected chi connectivity index (χ0v) is 17.0. The maximum Gasteiger partial charge on any atom is 0.319 e. The zero-order chi connectivity index (χ0) is 19.9. The molecule has 2 atom stereocenters. The standard InChI is InChI=1S/C24H31N3O2/c28-24(25-17-23(21-12-15-29-18-21)27-13-6-7-14-27)26-22-11-5-4-10-20(22)16-19-8-2-1-3-9-19/h1-5,8-11,21,23H,6-7,12-18H2,(H2,25,26,28)/t21-,23-/m1/s1. The molecule has 4 rings (SSSR count). The first kappa shape index (κ1) is 19.9. The first-order chi connectivity index (χ1) is 14.3. The molecule has 2 aromatic rings. The van der Waals surface area contributed by atoms with E-state index >= 15 is 0 Å². The number of urea groups is 1. The summed E-state index contributed by atoms with van der Waals surface area (Å²) in [4.78, 5) is 15.2. The smallest absolute Gasteiger partial charge is 0.319 e. The zero-order valence-electron chi connectivity index (χ0n) is 17.0. The number of anilines is 1. The normalized spacial score (nSPS) is 20.5. The fourth-order valence-electron chi connectivity index (χ4n) is 4.50. The van der Waals surface area contributed by atoms with E-state index in [1.165, 1.54) is 18.4 Å². The molecular weight excluding hydrogens is 362 g/mol. The van der Waals surface area contributed by atoms with E-state index in [0.29, 0.717) is 18.5 Å². The summed E-state index contributed by atoms with van der Waals surface area (Å²) in [5.74, 6) is 0.513. The minimum Gasteiger partial charge on any atom is -0.381 e. The van der Waals surface area contributed by atoms with Gasteiger partial charge in [-0.3, -0.25) is 4.90 Å². The van der Waals surface area contributed by atoms with Gasteiger partial charge in [-0.15, -0.1) is 0 Å². The Kier molecular flexibility index (Phi) is 6.80. The molecule has 0 aliphatic carbocycles. The molecule has 2 aromatic carbocycles. The summed E-state index contributed by atoms with van der Waals surface area (Å²) in [5.41, 5.74) is 3.22. The van der Waals surface area contributed by atoms with Crippen LogP contribution in [0.2, 0.25) is 0 Å². The summed E-state index contributed by atoms with van der Waals surface area (Å²) in [6.45, 7) is 4.58. The van der Waals surface area contributed by atoms with Crippen LogP contribution in [0.25, 0.3) is 0 Å². The molecule has 5 heteroatoms. The lowest BCUT2D eigenvalue weighted by molar-refractivity contribution is 0.135. The van der Waals surface area contributed by atoms with E-state index in [-0.39, 0.29) is 6.03 Å². The van der Waals surface area contributed by atoms with Crippen molar-refractivity contribution >= 4 is 11.7 Å². The third kappa shape index (κ3) is 5.37. The van der Waals surface area contributed by atoms with Gasteiger partial charge in [0.15, 0.2) is 0 Å². The Morgan fingerprint density at radius 2 is 1.83 bits per heavy atom. The molecule has 0 bridgehead atoms. The van der Waals surface area contributed by atoms with Crippen LogP contribution in [0.5, 0.6) is 0 Å². The molecular formula is C24H31N3O2. The lowest BCUT2D eigenvalue weighted by atomic mass is 9.97. The number of hydrogen-bond acceptors (Lipinski definition) is 3. The third-order valence-electron chi connectivity index (χ3n) is 6.09. The van der Waals surface area contributed by atoms with E-state index in [9.17, 15) is 4.79 Å². The van der Waals surface area contributed by atoms with Gasteiger partial charge in [-0.2, -0.15) is 0 Å². The van der Waals surface area contributed by atoms with Crippen molar-refractivity contribution in [2.24, 2.45) is 5.92 Å². The minimum absolute atomic E-state index is 0.131. The second-order valence-electron chi connectivity index (χ2n) is 8.09. The monoisotopic (exact) mass is 393 g/mol. The average molecular weight is 394 g/mol. The second-order valence-corrected chi connectivity index (χ2v) is 8.09. The number of benzene rings is 2. The Morgan fingerprint density at radius 1 is 1.07 bits per heavy atom. The van der Waals surface area contributed by atoms with E-state index < -0.39 is 0 Å². The fraction of sp³-hybridized carbons (Fsp3) is 0.458. The molecule has 2 fully saturated rings. The topological polar surface area (TPSA) is 53.6 Å². The quantitative estimate of drug-likeness (QED) is 0.750. The molecule has 2 aliphatic rings. The summed E-state index contributed by atoms with van der Waals surface area (Å²) in [5, 5.41) is 6.20. The Bertz CT molecular complexity index is 768. The molecule has 2 amide bonds. The van der Waals surface area contributed by atoms with Gasteiger partial charge in [-0.05, 0) is 56.0 Å². The van der Waals surface area contributed by atoms with Crippen molar-refractivity contribution in [3.8, 4) is 0 Å². The van der Waals surface area contributed by atoms with E-state index in [1.807, 2.05) is 36.4 Å². The number of nitrogens with one attached hydrogen (secondary N) is 2. The molecule has 2 saturated heterocycles. The van der Waals surface area contributed by atoms with Crippen molar-refractivity contribution in [1.82, 2.24) is 10.2 Å². The number of carbonyl (C=O) groups excluding carboxylic acids is 1. The minimum atomic E-state index is -0.131. The summed E-state index contributed by atoms with van der Waals surface area (Å²) < 4.78 is 5.62. The highest BCUT2D eigenvalue weighted by Crippen LogP contribution is 2.24. The van der Waals surface area contributed by atoms with Crippen LogP contribution in [0, 0.1) is 5.92 Å². The maximum absolute atomic E-state index is 12.7. The number of para-hydroxylation sites is 1. The van der Waals surface area contributed by atoms with E-state index in [1.54, 1.807) is 0 Å². The first-order valence-corrected chi connectivity index (χ1v) is 10.8. The molecule has 0 saturated carbocycles. The summed E-state index contributed by atoms with van der Waals surface area (Å²) in [7, 11) is 0. The van der Waals surface area contributed by atoms with Gasteiger partial charge in [-0.25, -0.2) is 4.79 Å². The predicted molar refractivity (Wildman–Crippen MR) is 116 cm³/mol. The van der Waals surface area contributed by atoms with Gasteiger partial charge in [0, 0.05) is 30.8 Å². The Balaban J connectivity index is 1.36. The molecule has 2 aliphatic heterocycles. The molecule has 2 heterocycles. The van der Waals surface area contributed by atoms with Crippen LogP contribution in [0.15, 0.2) is 54.6 Å². The lowest BCUT2D eigenvalue weighted by Gasteiger charge is -2.32. The number of amides is 2. The van der Waals surface area contributed by atoms with Gasteiger partial charge in [0.1, 0.15) is 0 Å². The highest BCUT2D eigenvalue weighted by atomic mass is 16.5. The summed E-state index contributed by atoms with van der Waals surface area (Å²) in [6, 6.07) is 18.6. The van der Waals surface area contributed by atoms with Crippen LogP contribution in [0.1, 0.15) is 30.4 Å². The predicted octanol–water partition coefficient (Wildman–Crippen LogP) is 3.90. The number of carbonyl (C=O) groups is 1. The van der Waals surface area contributed by atoms with Crippen molar-refractivity contribution in [2.75, 3.05) is 38.2 Å². The van der Waals surface area contributed by atoms with E-state index in [4.69, 9.17) is 4.74 Å². The van der Waals surface area contributed by atoms with Gasteiger partial charge >= 0.3 is 6.03 Å². The largest absolute Gasteiger partial charge is 0.381 e. The second kappa shape index (κ2) is 9.90. The summed E-state index contributed by atoms with van der Waals surface area (Å²) >= 11 is 0. The van der Waals surface area contributed by atoms with Crippen molar-refractivity contribution in [3.05, 3.63) is 65.7 Å².